The summed E-state index contributed by atoms with van der Waals surface area (Å²) >= 11 is 0. The first-order valence-electron chi connectivity index (χ1n) is 20.0. The van der Waals surface area contributed by atoms with E-state index in [0.29, 0.717) is 17.4 Å². The summed E-state index contributed by atoms with van der Waals surface area (Å²) in [5.41, 5.74) is 0. The summed E-state index contributed by atoms with van der Waals surface area (Å²) in [6.45, 7) is 4.71. The minimum Gasteiger partial charge on any atom is -0.387 e. The van der Waals surface area contributed by atoms with Crippen molar-refractivity contribution in [2.75, 3.05) is 40.9 Å². The van der Waals surface area contributed by atoms with E-state index in [1.807, 2.05) is 33.3 Å². The molecule has 0 radical (unpaired) electrons. The molecule has 0 aromatic heterocycles. The Morgan fingerprint density at radius 3 is 1.72 bits per heavy atom. The van der Waals surface area contributed by atoms with Crippen LogP contribution in [-0.4, -0.2) is 73.4 Å². The lowest BCUT2D eigenvalue weighted by molar-refractivity contribution is -0.870. The first-order valence-corrected chi connectivity index (χ1v) is 21.5. The summed E-state index contributed by atoms with van der Waals surface area (Å²) in [4.78, 5) is 23.0. The SMILES string of the molecule is CCCCCCCC/C=C\C/C=C\CCC(=O)NC(COP(=O)(O)OCC[N+](C)(C)C)C(O)/C=C/CC/C=C/CCCCCCCCCCC. The second kappa shape index (κ2) is 33.3. The molecule has 0 heterocycles. The highest BCUT2D eigenvalue weighted by atomic mass is 31.2. The lowest BCUT2D eigenvalue weighted by atomic mass is 10.1. The van der Waals surface area contributed by atoms with Crippen molar-refractivity contribution in [1.29, 1.82) is 0 Å². The van der Waals surface area contributed by atoms with E-state index in [9.17, 15) is 19.4 Å². The number of amides is 1. The number of hydrogen-bond donors (Lipinski definition) is 3. The molecule has 0 aromatic rings. The van der Waals surface area contributed by atoms with Gasteiger partial charge in [0.15, 0.2) is 0 Å². The summed E-state index contributed by atoms with van der Waals surface area (Å²) in [5, 5.41) is 13.7. The minimum atomic E-state index is -4.35. The summed E-state index contributed by atoms with van der Waals surface area (Å²) in [5.74, 6) is -0.257. The Morgan fingerprint density at radius 2 is 1.16 bits per heavy atom. The van der Waals surface area contributed by atoms with Crippen LogP contribution in [0.1, 0.15) is 155 Å². The van der Waals surface area contributed by atoms with Crippen molar-refractivity contribution < 1.29 is 32.9 Å². The molecule has 50 heavy (non-hydrogen) atoms. The highest BCUT2D eigenvalue weighted by Gasteiger charge is 2.27. The van der Waals surface area contributed by atoms with Crippen LogP contribution in [0.4, 0.5) is 0 Å². The van der Waals surface area contributed by atoms with Gasteiger partial charge in [-0.05, 0) is 51.4 Å². The third kappa shape index (κ3) is 34.9. The highest BCUT2D eigenvalue weighted by Crippen LogP contribution is 2.43. The Balaban J connectivity index is 4.66. The van der Waals surface area contributed by atoms with Gasteiger partial charge in [0.2, 0.25) is 5.91 Å². The zero-order valence-electron chi connectivity index (χ0n) is 32.9. The monoisotopic (exact) mass is 726 g/mol. The van der Waals surface area contributed by atoms with Gasteiger partial charge < -0.3 is 19.8 Å². The molecule has 292 valence electrons. The summed E-state index contributed by atoms with van der Waals surface area (Å²) < 4.78 is 23.4. The van der Waals surface area contributed by atoms with E-state index < -0.39 is 20.0 Å². The molecule has 0 aliphatic heterocycles. The Labute approximate surface area is 308 Å². The zero-order valence-corrected chi connectivity index (χ0v) is 33.8. The Morgan fingerprint density at radius 1 is 0.680 bits per heavy atom. The highest BCUT2D eigenvalue weighted by molar-refractivity contribution is 7.47. The topological polar surface area (TPSA) is 105 Å². The van der Waals surface area contributed by atoms with Crippen LogP contribution in [0.15, 0.2) is 48.6 Å². The van der Waals surface area contributed by atoms with Crippen molar-refractivity contribution in [1.82, 2.24) is 5.32 Å². The molecule has 0 fully saturated rings. The number of carbonyl (C=O) groups is 1. The van der Waals surface area contributed by atoms with Crippen molar-refractivity contribution in [3.8, 4) is 0 Å². The molecule has 3 N–H and O–H groups in total. The van der Waals surface area contributed by atoms with E-state index >= 15 is 0 Å². The molecule has 3 atom stereocenters. The van der Waals surface area contributed by atoms with Crippen LogP contribution >= 0.6 is 7.82 Å². The van der Waals surface area contributed by atoms with Gasteiger partial charge in [-0.25, -0.2) is 4.57 Å². The average Bonchev–Trinajstić information content (AvgIpc) is 3.06. The predicted octanol–water partition coefficient (Wildman–Crippen LogP) is 10.5. The quantitative estimate of drug-likeness (QED) is 0.0260. The third-order valence-corrected chi connectivity index (χ3v) is 9.52. The molecular formula is C41H78N2O6P+. The number of likely N-dealkylation sites (N-methyl/N-ethyl adjacent to an activating group) is 1. The smallest absolute Gasteiger partial charge is 0.387 e. The van der Waals surface area contributed by atoms with Crippen LogP contribution in [0.2, 0.25) is 0 Å². The summed E-state index contributed by atoms with van der Waals surface area (Å²) in [7, 11) is 1.52. The molecule has 0 bridgehead atoms. The molecule has 1 amide bonds. The van der Waals surface area contributed by atoms with Gasteiger partial charge in [-0.15, -0.1) is 0 Å². The molecule has 0 aliphatic rings. The number of nitrogens with zero attached hydrogens (tertiary/aromatic N) is 1. The minimum absolute atomic E-state index is 0.0456. The van der Waals surface area contributed by atoms with Gasteiger partial charge in [-0.3, -0.25) is 13.8 Å². The Kier molecular flexibility index (Phi) is 32.3. The number of quaternary nitrogens is 1. The number of carbonyl (C=O) groups excluding carboxylic acids is 1. The maximum atomic E-state index is 12.8. The van der Waals surface area contributed by atoms with E-state index in [-0.39, 0.29) is 25.5 Å². The zero-order chi connectivity index (χ0) is 37.2. The van der Waals surface area contributed by atoms with Gasteiger partial charge in [0.1, 0.15) is 13.2 Å². The van der Waals surface area contributed by atoms with Crippen LogP contribution in [0, 0.1) is 0 Å². The number of unbranched alkanes of at least 4 members (excludes halogenated alkanes) is 16. The van der Waals surface area contributed by atoms with Crippen molar-refractivity contribution in [3.63, 3.8) is 0 Å². The maximum Gasteiger partial charge on any atom is 0.472 e. The molecule has 0 rings (SSSR count). The Hall–Kier alpha value is -1.54. The van der Waals surface area contributed by atoms with E-state index in [1.165, 1.54) is 96.3 Å². The maximum absolute atomic E-state index is 12.8. The molecule has 3 unspecified atom stereocenters. The Bertz CT molecular complexity index is 959. The molecule has 0 aromatic carbocycles. The number of nitrogens with one attached hydrogen (secondary N) is 1. The summed E-state index contributed by atoms with van der Waals surface area (Å²) in [6.07, 6.45) is 40.5. The fraction of sp³-hybridized carbons (Fsp3) is 0.780. The van der Waals surface area contributed by atoms with Crippen LogP contribution in [-0.2, 0) is 18.4 Å². The van der Waals surface area contributed by atoms with Crippen LogP contribution < -0.4 is 5.32 Å². The van der Waals surface area contributed by atoms with Gasteiger partial charge in [0.25, 0.3) is 0 Å². The lowest BCUT2D eigenvalue weighted by Crippen LogP contribution is -2.45. The first kappa shape index (κ1) is 48.5. The van der Waals surface area contributed by atoms with Gasteiger partial charge in [-0.1, -0.05) is 146 Å². The third-order valence-electron chi connectivity index (χ3n) is 8.53. The normalized spacial score (nSPS) is 15.1. The van der Waals surface area contributed by atoms with Crippen LogP contribution in [0.25, 0.3) is 0 Å². The molecule has 0 saturated heterocycles. The van der Waals surface area contributed by atoms with Gasteiger partial charge in [-0.2, -0.15) is 0 Å². The van der Waals surface area contributed by atoms with E-state index in [2.05, 4.69) is 49.5 Å². The van der Waals surface area contributed by atoms with E-state index in [1.54, 1.807) is 6.08 Å². The summed E-state index contributed by atoms with van der Waals surface area (Å²) in [6, 6.07) is -0.891. The molecule has 0 aliphatic carbocycles. The second-order valence-corrected chi connectivity index (χ2v) is 16.1. The number of hydrogen-bond acceptors (Lipinski definition) is 5. The molecule has 8 nitrogen and oxygen atoms in total. The number of aliphatic hydroxyl groups excluding tert-OH is 1. The standard InChI is InChI=1S/C41H77N2O6P/c1-6-8-10-12-14-16-18-20-21-23-24-26-28-30-32-34-40(44)39(38-49-50(46,47)48-37-36-43(3,4)5)42-41(45)35-33-31-29-27-25-22-19-17-15-13-11-9-7-2/h22,24-26,29,31-32,34,39-40,44H,6-21,23,27-28,30,33,35-38H2,1-5H3,(H-,42,45,46,47)/p+1/b25-22-,26-24+,31-29-,34-32+. The number of rotatable bonds is 35. The van der Waals surface area contributed by atoms with Crippen LogP contribution in [0.5, 0.6) is 0 Å². The van der Waals surface area contributed by atoms with Crippen molar-refractivity contribution in [2.24, 2.45) is 0 Å². The number of allylic oxidation sites excluding steroid dienone is 7. The fourth-order valence-corrected chi connectivity index (χ4v) is 6.02. The largest absolute Gasteiger partial charge is 0.472 e. The number of phosphoric acid groups is 1. The van der Waals surface area contributed by atoms with E-state index in [0.717, 1.165) is 32.1 Å². The van der Waals surface area contributed by atoms with Gasteiger partial charge in [0.05, 0.1) is 39.9 Å². The number of phosphoric ester groups is 1. The molecule has 0 saturated carbocycles. The predicted molar refractivity (Wildman–Crippen MR) is 212 cm³/mol. The van der Waals surface area contributed by atoms with Crippen molar-refractivity contribution >= 4 is 13.7 Å². The number of aliphatic hydroxyl groups is 1. The van der Waals surface area contributed by atoms with Gasteiger partial charge in [0, 0.05) is 6.42 Å². The molecule has 9 heteroatoms. The lowest BCUT2D eigenvalue weighted by Gasteiger charge is -2.25. The van der Waals surface area contributed by atoms with E-state index in [4.69, 9.17) is 9.05 Å². The first-order chi connectivity index (χ1) is 24.0. The van der Waals surface area contributed by atoms with Crippen LogP contribution in [0.3, 0.4) is 0 Å². The van der Waals surface area contributed by atoms with Crippen molar-refractivity contribution in [3.05, 3.63) is 48.6 Å². The molecule has 0 spiro atoms. The average molecular weight is 726 g/mol. The fourth-order valence-electron chi connectivity index (χ4n) is 5.28. The second-order valence-electron chi connectivity index (χ2n) is 14.6. The van der Waals surface area contributed by atoms with Gasteiger partial charge >= 0.3 is 7.82 Å². The molecular weight excluding hydrogens is 647 g/mol. The van der Waals surface area contributed by atoms with Crippen molar-refractivity contribution in [2.45, 2.75) is 167 Å².